The molecule has 1 heterocycles. The summed E-state index contributed by atoms with van der Waals surface area (Å²) in [7, 11) is 0. The van der Waals surface area contributed by atoms with Crippen molar-refractivity contribution in [3.8, 4) is 56.2 Å². The highest BCUT2D eigenvalue weighted by Crippen LogP contribution is 2.44. The Morgan fingerprint density at radius 1 is 0.271 bits per heavy atom. The standard InChI is InChI=1S/C46H30N2/c1-3-14-32(15-4-1)42-30-43(48-46(47-42)35-16-5-2-6-17-35)33-24-26-34(27-25-33)44-38-19-9-11-21-40(38)45(41-22-12-10-20-39(41)44)37-28-23-31-13-7-8-18-36(31)29-37/h1-30H. The number of hydrogen-bond acceptors (Lipinski definition) is 2. The van der Waals surface area contributed by atoms with Crippen molar-refractivity contribution in [3.05, 3.63) is 182 Å². The van der Waals surface area contributed by atoms with Gasteiger partial charge in [-0.25, -0.2) is 9.97 Å². The molecule has 0 amide bonds. The SMILES string of the molecule is c1ccc(-c2cc(-c3ccc(-c4c5ccccc5c(-c5ccc6ccccc6c5)c5ccccc45)cc3)nc(-c3ccccc3)n2)cc1. The number of rotatable bonds is 5. The molecule has 0 bridgehead atoms. The van der Waals surface area contributed by atoms with Gasteiger partial charge >= 0.3 is 0 Å². The highest BCUT2D eigenvalue weighted by atomic mass is 14.9. The lowest BCUT2D eigenvalue weighted by molar-refractivity contribution is 1.18. The molecule has 0 atom stereocenters. The van der Waals surface area contributed by atoms with Crippen LogP contribution >= 0.6 is 0 Å². The number of nitrogens with zero attached hydrogens (tertiary/aromatic N) is 2. The fourth-order valence-corrected chi connectivity index (χ4v) is 6.97. The zero-order chi connectivity index (χ0) is 31.9. The van der Waals surface area contributed by atoms with Crippen molar-refractivity contribution in [2.45, 2.75) is 0 Å². The van der Waals surface area contributed by atoms with E-state index in [4.69, 9.17) is 9.97 Å². The molecule has 0 saturated carbocycles. The lowest BCUT2D eigenvalue weighted by Gasteiger charge is -2.18. The average molecular weight is 611 g/mol. The minimum atomic E-state index is 0.720. The third-order valence-electron chi connectivity index (χ3n) is 9.27. The fraction of sp³-hybridized carbons (Fsp3) is 0. The van der Waals surface area contributed by atoms with Gasteiger partial charge in [0.1, 0.15) is 0 Å². The molecule has 48 heavy (non-hydrogen) atoms. The van der Waals surface area contributed by atoms with Crippen LogP contribution in [0.15, 0.2) is 182 Å². The Kier molecular flexibility index (Phi) is 6.84. The molecule has 2 heteroatoms. The van der Waals surface area contributed by atoms with E-state index < -0.39 is 0 Å². The molecule has 1 aromatic heterocycles. The van der Waals surface area contributed by atoms with Crippen molar-refractivity contribution in [2.75, 3.05) is 0 Å². The monoisotopic (exact) mass is 610 g/mol. The lowest BCUT2D eigenvalue weighted by Crippen LogP contribution is -1.96. The molecule has 0 fully saturated rings. The molecular weight excluding hydrogens is 581 g/mol. The van der Waals surface area contributed by atoms with Gasteiger partial charge in [0.05, 0.1) is 11.4 Å². The second-order valence-electron chi connectivity index (χ2n) is 12.2. The fourth-order valence-electron chi connectivity index (χ4n) is 6.97. The first-order chi connectivity index (χ1) is 23.8. The first-order valence-electron chi connectivity index (χ1n) is 16.3. The number of aromatic nitrogens is 2. The first kappa shape index (κ1) is 27.9. The van der Waals surface area contributed by atoms with Gasteiger partial charge in [-0.2, -0.15) is 0 Å². The van der Waals surface area contributed by atoms with Crippen molar-refractivity contribution in [3.63, 3.8) is 0 Å². The molecular formula is C46H30N2. The van der Waals surface area contributed by atoms with Crippen LogP contribution in [0.5, 0.6) is 0 Å². The van der Waals surface area contributed by atoms with Crippen LogP contribution in [0, 0.1) is 0 Å². The van der Waals surface area contributed by atoms with E-state index in [1.807, 2.05) is 36.4 Å². The largest absolute Gasteiger partial charge is 0.228 e. The van der Waals surface area contributed by atoms with Gasteiger partial charge in [0.25, 0.3) is 0 Å². The van der Waals surface area contributed by atoms with Crippen LogP contribution in [0.4, 0.5) is 0 Å². The summed E-state index contributed by atoms with van der Waals surface area (Å²) in [5.74, 6) is 0.720. The van der Waals surface area contributed by atoms with Crippen molar-refractivity contribution >= 4 is 32.3 Å². The van der Waals surface area contributed by atoms with Crippen molar-refractivity contribution < 1.29 is 0 Å². The summed E-state index contributed by atoms with van der Waals surface area (Å²) in [6, 6.07) is 64.6. The smallest absolute Gasteiger partial charge is 0.160 e. The van der Waals surface area contributed by atoms with Crippen LogP contribution in [-0.2, 0) is 0 Å². The van der Waals surface area contributed by atoms with E-state index in [2.05, 4.69) is 146 Å². The van der Waals surface area contributed by atoms with Crippen LogP contribution in [0.3, 0.4) is 0 Å². The molecule has 2 nitrogen and oxygen atoms in total. The van der Waals surface area contributed by atoms with Crippen molar-refractivity contribution in [2.24, 2.45) is 0 Å². The maximum Gasteiger partial charge on any atom is 0.160 e. The quantitative estimate of drug-likeness (QED) is 0.181. The molecule has 0 aliphatic carbocycles. The topological polar surface area (TPSA) is 25.8 Å². The van der Waals surface area contributed by atoms with Gasteiger partial charge in [0, 0.05) is 16.7 Å². The maximum absolute atomic E-state index is 5.06. The molecule has 0 saturated heterocycles. The van der Waals surface area contributed by atoms with Gasteiger partial charge in [-0.15, -0.1) is 0 Å². The summed E-state index contributed by atoms with van der Waals surface area (Å²) in [6.07, 6.45) is 0. The van der Waals surface area contributed by atoms with Gasteiger partial charge in [-0.3, -0.25) is 0 Å². The Morgan fingerprint density at radius 3 is 1.27 bits per heavy atom. The van der Waals surface area contributed by atoms with E-state index in [9.17, 15) is 0 Å². The zero-order valence-corrected chi connectivity index (χ0v) is 26.2. The Hall–Kier alpha value is -6.38. The second kappa shape index (κ2) is 11.8. The number of benzene rings is 8. The molecule has 8 aromatic carbocycles. The summed E-state index contributed by atoms with van der Waals surface area (Å²) in [4.78, 5) is 10.0. The number of hydrogen-bond donors (Lipinski definition) is 0. The van der Waals surface area contributed by atoms with Crippen LogP contribution in [0.2, 0.25) is 0 Å². The maximum atomic E-state index is 5.06. The molecule has 0 unspecified atom stereocenters. The van der Waals surface area contributed by atoms with Gasteiger partial charge in [-0.05, 0) is 66.7 Å². The van der Waals surface area contributed by atoms with Crippen LogP contribution in [-0.4, -0.2) is 9.97 Å². The molecule has 0 aliphatic rings. The Labute approximate surface area is 279 Å². The van der Waals surface area contributed by atoms with Gasteiger partial charge in [0.15, 0.2) is 5.82 Å². The first-order valence-corrected chi connectivity index (χ1v) is 16.3. The summed E-state index contributed by atoms with van der Waals surface area (Å²) in [5.41, 5.74) is 9.85. The van der Waals surface area contributed by atoms with Crippen LogP contribution in [0.25, 0.3) is 88.5 Å². The molecule has 9 rings (SSSR count). The Balaban J connectivity index is 1.21. The molecule has 0 spiro atoms. The van der Waals surface area contributed by atoms with Gasteiger partial charge < -0.3 is 0 Å². The summed E-state index contributed by atoms with van der Waals surface area (Å²) < 4.78 is 0. The van der Waals surface area contributed by atoms with E-state index in [0.717, 1.165) is 33.9 Å². The summed E-state index contributed by atoms with van der Waals surface area (Å²) in [6.45, 7) is 0. The highest BCUT2D eigenvalue weighted by molar-refractivity contribution is 6.21. The average Bonchev–Trinajstić information content (AvgIpc) is 3.17. The predicted molar refractivity (Wildman–Crippen MR) is 202 cm³/mol. The molecule has 0 aliphatic heterocycles. The molecule has 0 N–H and O–H groups in total. The van der Waals surface area contributed by atoms with Crippen molar-refractivity contribution in [1.82, 2.24) is 9.97 Å². The van der Waals surface area contributed by atoms with E-state index in [-0.39, 0.29) is 0 Å². The van der Waals surface area contributed by atoms with Crippen molar-refractivity contribution in [1.29, 1.82) is 0 Å². The minimum absolute atomic E-state index is 0.720. The Bertz CT molecular complexity index is 2470. The molecule has 9 aromatic rings. The summed E-state index contributed by atoms with van der Waals surface area (Å²) >= 11 is 0. The predicted octanol–water partition coefficient (Wildman–Crippen LogP) is 12.3. The molecule has 224 valence electrons. The van der Waals surface area contributed by atoms with E-state index in [0.29, 0.717) is 0 Å². The normalized spacial score (nSPS) is 11.3. The van der Waals surface area contributed by atoms with E-state index >= 15 is 0 Å². The third kappa shape index (κ3) is 4.92. The highest BCUT2D eigenvalue weighted by Gasteiger charge is 2.17. The van der Waals surface area contributed by atoms with Crippen LogP contribution in [0.1, 0.15) is 0 Å². The lowest BCUT2D eigenvalue weighted by atomic mass is 9.85. The number of fused-ring (bicyclic) bond motifs is 3. The van der Waals surface area contributed by atoms with E-state index in [1.165, 1.54) is 54.6 Å². The van der Waals surface area contributed by atoms with Crippen LogP contribution < -0.4 is 0 Å². The minimum Gasteiger partial charge on any atom is -0.228 e. The summed E-state index contributed by atoms with van der Waals surface area (Å²) in [5, 5.41) is 7.49. The Morgan fingerprint density at radius 2 is 0.688 bits per heavy atom. The zero-order valence-electron chi connectivity index (χ0n) is 26.2. The van der Waals surface area contributed by atoms with Gasteiger partial charge in [0.2, 0.25) is 0 Å². The van der Waals surface area contributed by atoms with E-state index in [1.54, 1.807) is 0 Å². The van der Waals surface area contributed by atoms with Gasteiger partial charge in [-0.1, -0.05) is 170 Å². The molecule has 0 radical (unpaired) electrons. The second-order valence-corrected chi connectivity index (χ2v) is 12.2. The third-order valence-corrected chi connectivity index (χ3v) is 9.27.